The maximum atomic E-state index is 5.54. The van der Waals surface area contributed by atoms with Crippen LogP contribution in [-0.2, 0) is 0 Å². The molecule has 0 radical (unpaired) electrons. The minimum absolute atomic E-state index is 0.782. The van der Waals surface area contributed by atoms with Gasteiger partial charge in [0.15, 0.2) is 0 Å². The molecule has 2 nitrogen and oxygen atoms in total. The monoisotopic (exact) mass is 316 g/mol. The third kappa shape index (κ3) is 3.49. The zero-order valence-electron chi connectivity index (χ0n) is 13.9. The van der Waals surface area contributed by atoms with Crippen LogP contribution in [0.1, 0.15) is 16.7 Å². The summed E-state index contributed by atoms with van der Waals surface area (Å²) in [7, 11) is 3.33. The van der Waals surface area contributed by atoms with E-state index >= 15 is 0 Å². The van der Waals surface area contributed by atoms with E-state index in [0.29, 0.717) is 0 Å². The molecule has 0 atom stereocenters. The third-order valence-electron chi connectivity index (χ3n) is 3.91. The summed E-state index contributed by atoms with van der Waals surface area (Å²) in [6, 6.07) is 26.6. The maximum absolute atomic E-state index is 5.54. The number of benzene rings is 3. The topological polar surface area (TPSA) is 18.5 Å². The number of hydrogen-bond donors (Lipinski definition) is 0. The van der Waals surface area contributed by atoms with Crippen molar-refractivity contribution in [3.8, 4) is 11.5 Å². The molecule has 0 N–H and O–H groups in total. The molecule has 0 aliphatic rings. The first-order valence-electron chi connectivity index (χ1n) is 7.86. The quantitative estimate of drug-likeness (QED) is 0.595. The minimum atomic E-state index is 0.782. The summed E-state index contributed by atoms with van der Waals surface area (Å²) < 4.78 is 10.8. The Morgan fingerprint density at radius 2 is 1.29 bits per heavy atom. The fourth-order valence-corrected chi connectivity index (χ4v) is 2.66. The number of hydrogen-bond acceptors (Lipinski definition) is 2. The van der Waals surface area contributed by atoms with E-state index < -0.39 is 0 Å². The van der Waals surface area contributed by atoms with Crippen molar-refractivity contribution in [1.29, 1.82) is 0 Å². The lowest BCUT2D eigenvalue weighted by atomic mass is 9.95. The van der Waals surface area contributed by atoms with Crippen LogP contribution in [0.25, 0.3) is 11.6 Å². The van der Waals surface area contributed by atoms with Gasteiger partial charge in [-0.05, 0) is 34.9 Å². The van der Waals surface area contributed by atoms with Crippen molar-refractivity contribution in [3.63, 3.8) is 0 Å². The van der Waals surface area contributed by atoms with E-state index in [9.17, 15) is 0 Å². The Kier molecular flexibility index (Phi) is 4.97. The van der Waals surface area contributed by atoms with Crippen LogP contribution in [0.4, 0.5) is 0 Å². The fraction of sp³-hybridized carbons (Fsp3) is 0.0909. The van der Waals surface area contributed by atoms with Gasteiger partial charge < -0.3 is 9.47 Å². The molecule has 0 heterocycles. The highest BCUT2D eigenvalue weighted by Crippen LogP contribution is 2.31. The van der Waals surface area contributed by atoms with Gasteiger partial charge in [0.2, 0.25) is 0 Å². The van der Waals surface area contributed by atoms with Crippen LogP contribution in [-0.4, -0.2) is 14.2 Å². The molecule has 0 aliphatic carbocycles. The molecule has 3 aromatic carbocycles. The van der Waals surface area contributed by atoms with Gasteiger partial charge in [0.05, 0.1) is 14.2 Å². The van der Waals surface area contributed by atoms with Crippen LogP contribution >= 0.6 is 0 Å². The molecule has 0 aromatic heterocycles. The third-order valence-corrected chi connectivity index (χ3v) is 3.91. The zero-order valence-corrected chi connectivity index (χ0v) is 13.9. The van der Waals surface area contributed by atoms with Gasteiger partial charge in [-0.2, -0.15) is 0 Å². The number of methoxy groups -OCH3 is 2. The lowest BCUT2D eigenvalue weighted by molar-refractivity contribution is 0.394. The number of ether oxygens (including phenoxy) is 2. The molecule has 3 aromatic rings. The molecule has 120 valence electrons. The molecule has 0 fully saturated rings. The minimum Gasteiger partial charge on any atom is -0.497 e. The molecule has 0 saturated heterocycles. The van der Waals surface area contributed by atoms with Crippen molar-refractivity contribution >= 4 is 11.6 Å². The highest BCUT2D eigenvalue weighted by molar-refractivity contribution is 5.92. The first-order chi connectivity index (χ1) is 11.8. The Balaban J connectivity index is 2.14. The second-order valence-corrected chi connectivity index (χ2v) is 5.40. The first-order valence-corrected chi connectivity index (χ1v) is 7.86. The van der Waals surface area contributed by atoms with E-state index in [0.717, 1.165) is 22.6 Å². The second-order valence-electron chi connectivity index (χ2n) is 5.40. The first kappa shape index (κ1) is 15.9. The van der Waals surface area contributed by atoms with Crippen LogP contribution in [0.2, 0.25) is 0 Å². The summed E-state index contributed by atoms with van der Waals surface area (Å²) in [5.74, 6) is 1.57. The van der Waals surface area contributed by atoms with Crippen LogP contribution in [0.15, 0.2) is 78.9 Å². The van der Waals surface area contributed by atoms with Crippen LogP contribution < -0.4 is 9.47 Å². The van der Waals surface area contributed by atoms with Gasteiger partial charge in [0.25, 0.3) is 0 Å². The van der Waals surface area contributed by atoms with Gasteiger partial charge in [-0.15, -0.1) is 0 Å². The molecule has 24 heavy (non-hydrogen) atoms. The molecule has 0 unspecified atom stereocenters. The zero-order chi connectivity index (χ0) is 16.8. The van der Waals surface area contributed by atoms with Crippen molar-refractivity contribution in [1.82, 2.24) is 0 Å². The Morgan fingerprint density at radius 3 is 1.79 bits per heavy atom. The van der Waals surface area contributed by atoms with Crippen molar-refractivity contribution in [2.75, 3.05) is 14.2 Å². The molecule has 0 bridgehead atoms. The summed E-state index contributed by atoms with van der Waals surface area (Å²) in [4.78, 5) is 0. The summed E-state index contributed by atoms with van der Waals surface area (Å²) in [5.41, 5.74) is 4.50. The van der Waals surface area contributed by atoms with Gasteiger partial charge in [-0.25, -0.2) is 0 Å². The largest absolute Gasteiger partial charge is 0.497 e. The summed E-state index contributed by atoms with van der Waals surface area (Å²) in [6.07, 6.45) is 2.16. The molecule has 0 saturated carbocycles. The van der Waals surface area contributed by atoms with E-state index in [1.54, 1.807) is 14.2 Å². The van der Waals surface area contributed by atoms with E-state index in [-0.39, 0.29) is 0 Å². The van der Waals surface area contributed by atoms with E-state index in [1.165, 1.54) is 11.1 Å². The summed E-state index contributed by atoms with van der Waals surface area (Å²) >= 11 is 0. The van der Waals surface area contributed by atoms with E-state index in [4.69, 9.17) is 9.47 Å². The summed E-state index contributed by atoms with van der Waals surface area (Å²) in [6.45, 7) is 0. The molecule has 2 heteroatoms. The highest BCUT2D eigenvalue weighted by Gasteiger charge is 2.08. The van der Waals surface area contributed by atoms with E-state index in [1.807, 2.05) is 30.3 Å². The smallest absolute Gasteiger partial charge is 0.129 e. The average Bonchev–Trinajstić information content (AvgIpc) is 2.67. The van der Waals surface area contributed by atoms with Gasteiger partial charge >= 0.3 is 0 Å². The normalized spacial score (nSPS) is 10.1. The lowest BCUT2D eigenvalue weighted by Gasteiger charge is -2.12. The molecule has 0 amide bonds. The highest BCUT2D eigenvalue weighted by atomic mass is 16.5. The predicted molar refractivity (Wildman–Crippen MR) is 99.4 cm³/mol. The standard InChI is InChI=1S/C22H20O2/c1-23-20-14-13-19(22(16-20)24-2)15-21(17-9-5-3-6-10-17)18-11-7-4-8-12-18/h3-16H,1-2H3. The Hall–Kier alpha value is -3.00. The Bertz CT molecular complexity index is 780. The summed E-state index contributed by atoms with van der Waals surface area (Å²) in [5, 5.41) is 0. The van der Waals surface area contributed by atoms with Crippen molar-refractivity contribution in [2.24, 2.45) is 0 Å². The van der Waals surface area contributed by atoms with Crippen molar-refractivity contribution in [2.45, 2.75) is 0 Å². The van der Waals surface area contributed by atoms with Gasteiger partial charge in [0, 0.05) is 11.6 Å². The maximum Gasteiger partial charge on any atom is 0.129 e. The van der Waals surface area contributed by atoms with Gasteiger partial charge in [-0.3, -0.25) is 0 Å². The fourth-order valence-electron chi connectivity index (χ4n) is 2.66. The van der Waals surface area contributed by atoms with Crippen LogP contribution in [0.5, 0.6) is 11.5 Å². The van der Waals surface area contributed by atoms with Crippen LogP contribution in [0, 0.1) is 0 Å². The van der Waals surface area contributed by atoms with Gasteiger partial charge in [0.1, 0.15) is 11.5 Å². The molecule has 3 rings (SSSR count). The molecular weight excluding hydrogens is 296 g/mol. The average molecular weight is 316 g/mol. The van der Waals surface area contributed by atoms with E-state index in [2.05, 4.69) is 54.6 Å². The van der Waals surface area contributed by atoms with Gasteiger partial charge in [-0.1, -0.05) is 60.7 Å². The Labute approximate surface area is 143 Å². The molecule has 0 spiro atoms. The molecule has 0 aliphatic heterocycles. The second kappa shape index (κ2) is 7.51. The van der Waals surface area contributed by atoms with Crippen molar-refractivity contribution in [3.05, 3.63) is 95.6 Å². The number of rotatable bonds is 5. The lowest BCUT2D eigenvalue weighted by Crippen LogP contribution is -1.92. The van der Waals surface area contributed by atoms with Crippen molar-refractivity contribution < 1.29 is 9.47 Å². The SMILES string of the molecule is COc1ccc(C=C(c2ccccc2)c2ccccc2)c(OC)c1. The van der Waals surface area contributed by atoms with Crippen LogP contribution in [0.3, 0.4) is 0 Å². The predicted octanol–water partition coefficient (Wildman–Crippen LogP) is 5.29. The Morgan fingerprint density at radius 1 is 0.708 bits per heavy atom. The molecular formula is C22H20O2.